The van der Waals surface area contributed by atoms with Gasteiger partial charge in [0, 0.05) is 25.3 Å². The fraction of sp³-hybridized carbons (Fsp3) is 0.800. The Hall–Kier alpha value is -0.870. The van der Waals surface area contributed by atoms with Crippen LogP contribution in [-0.2, 0) is 13.1 Å². The highest BCUT2D eigenvalue weighted by Gasteiger charge is 2.18. The molecule has 0 spiro atoms. The topological polar surface area (TPSA) is 33.1 Å². The summed E-state index contributed by atoms with van der Waals surface area (Å²) in [5.41, 5.74) is 1.32. The zero-order chi connectivity index (χ0) is 13.5. The molecule has 1 aromatic heterocycles. The zero-order valence-electron chi connectivity index (χ0n) is 12.4. The molecule has 0 aromatic carbocycles. The van der Waals surface area contributed by atoms with Crippen molar-refractivity contribution in [2.24, 2.45) is 0 Å². The third kappa shape index (κ3) is 4.32. The van der Waals surface area contributed by atoms with E-state index in [4.69, 9.17) is 0 Å². The average molecular weight is 264 g/mol. The highest BCUT2D eigenvalue weighted by atomic mass is 15.1. The fourth-order valence-corrected chi connectivity index (χ4v) is 2.86. The second kappa shape index (κ2) is 7.65. The second-order valence-electron chi connectivity index (χ2n) is 5.58. The van der Waals surface area contributed by atoms with Crippen molar-refractivity contribution in [2.75, 3.05) is 19.6 Å². The van der Waals surface area contributed by atoms with Crippen molar-refractivity contribution in [3.05, 3.63) is 18.2 Å². The van der Waals surface area contributed by atoms with Crippen LogP contribution in [0.25, 0.3) is 0 Å². The number of nitrogens with one attached hydrogen (secondary N) is 1. The number of rotatable bonds is 7. The van der Waals surface area contributed by atoms with Crippen molar-refractivity contribution in [3.8, 4) is 0 Å². The van der Waals surface area contributed by atoms with E-state index in [1.807, 2.05) is 12.5 Å². The largest absolute Gasteiger partial charge is 0.333 e. The summed E-state index contributed by atoms with van der Waals surface area (Å²) in [6.45, 7) is 10.3. The van der Waals surface area contributed by atoms with Gasteiger partial charge in [0.1, 0.15) is 0 Å². The maximum atomic E-state index is 4.26. The van der Waals surface area contributed by atoms with Crippen molar-refractivity contribution in [2.45, 2.75) is 58.7 Å². The van der Waals surface area contributed by atoms with Crippen LogP contribution in [0.2, 0.25) is 0 Å². The Labute approximate surface area is 117 Å². The number of hydrogen-bond acceptors (Lipinski definition) is 3. The van der Waals surface area contributed by atoms with E-state index in [-0.39, 0.29) is 0 Å². The minimum atomic E-state index is 0.679. The molecule has 1 aliphatic rings. The molecule has 0 atom stereocenters. The van der Waals surface area contributed by atoms with Crippen LogP contribution in [0, 0.1) is 0 Å². The van der Waals surface area contributed by atoms with E-state index >= 15 is 0 Å². The number of aryl methyl sites for hydroxylation is 1. The van der Waals surface area contributed by atoms with Gasteiger partial charge in [-0.2, -0.15) is 0 Å². The predicted molar refractivity (Wildman–Crippen MR) is 79.1 cm³/mol. The van der Waals surface area contributed by atoms with Crippen LogP contribution in [0.3, 0.4) is 0 Å². The molecule has 1 aliphatic heterocycles. The quantitative estimate of drug-likeness (QED) is 0.820. The Morgan fingerprint density at radius 2 is 1.95 bits per heavy atom. The number of nitrogens with zero attached hydrogens (tertiary/aromatic N) is 3. The minimum Gasteiger partial charge on any atom is -0.333 e. The first-order chi connectivity index (χ1) is 9.33. The first-order valence-corrected chi connectivity index (χ1v) is 7.78. The number of piperidine rings is 1. The minimum absolute atomic E-state index is 0.679. The van der Waals surface area contributed by atoms with Crippen LogP contribution in [0.5, 0.6) is 0 Å². The molecular weight excluding hydrogens is 236 g/mol. The lowest BCUT2D eigenvalue weighted by Crippen LogP contribution is -2.42. The van der Waals surface area contributed by atoms with E-state index in [9.17, 15) is 0 Å². The summed E-state index contributed by atoms with van der Waals surface area (Å²) < 4.78 is 2.26. The third-order valence-electron chi connectivity index (χ3n) is 3.96. The van der Waals surface area contributed by atoms with Crippen LogP contribution in [-0.4, -0.2) is 40.1 Å². The van der Waals surface area contributed by atoms with Gasteiger partial charge in [-0.15, -0.1) is 0 Å². The molecule has 0 saturated carbocycles. The molecular formula is C15H28N4. The van der Waals surface area contributed by atoms with Gasteiger partial charge >= 0.3 is 0 Å². The van der Waals surface area contributed by atoms with E-state index in [1.54, 1.807) is 0 Å². The molecule has 4 nitrogen and oxygen atoms in total. The van der Waals surface area contributed by atoms with Gasteiger partial charge in [0.05, 0.1) is 12.0 Å². The molecule has 19 heavy (non-hydrogen) atoms. The third-order valence-corrected chi connectivity index (χ3v) is 3.96. The van der Waals surface area contributed by atoms with Gasteiger partial charge in [-0.3, -0.25) is 0 Å². The molecule has 2 rings (SSSR count). The van der Waals surface area contributed by atoms with Gasteiger partial charge in [0.25, 0.3) is 0 Å². The Morgan fingerprint density at radius 3 is 2.63 bits per heavy atom. The molecule has 2 heterocycles. The van der Waals surface area contributed by atoms with Crippen LogP contribution >= 0.6 is 0 Å². The molecule has 1 fully saturated rings. The van der Waals surface area contributed by atoms with Gasteiger partial charge in [-0.25, -0.2) is 4.98 Å². The molecule has 1 aromatic rings. The average Bonchev–Trinajstić information content (AvgIpc) is 2.86. The smallest absolute Gasteiger partial charge is 0.0948 e. The summed E-state index contributed by atoms with van der Waals surface area (Å²) >= 11 is 0. The first kappa shape index (κ1) is 14.5. The van der Waals surface area contributed by atoms with E-state index in [2.05, 4.69) is 33.6 Å². The normalized spacial score (nSPS) is 18.0. The van der Waals surface area contributed by atoms with E-state index in [0.29, 0.717) is 6.04 Å². The molecule has 0 bridgehead atoms. The van der Waals surface area contributed by atoms with Crippen molar-refractivity contribution in [1.82, 2.24) is 19.8 Å². The standard InChI is InChI=1S/C15H28N4/c1-3-7-18-9-5-14(6-10-18)17-12-15-11-16-13-19(15)8-4-2/h11,13-14,17H,3-10,12H2,1-2H3. The van der Waals surface area contributed by atoms with E-state index < -0.39 is 0 Å². The van der Waals surface area contributed by atoms with Crippen LogP contribution in [0.4, 0.5) is 0 Å². The lowest BCUT2D eigenvalue weighted by Gasteiger charge is -2.32. The van der Waals surface area contributed by atoms with Gasteiger partial charge in [0.2, 0.25) is 0 Å². The monoisotopic (exact) mass is 264 g/mol. The van der Waals surface area contributed by atoms with Gasteiger partial charge in [0.15, 0.2) is 0 Å². The lowest BCUT2D eigenvalue weighted by atomic mass is 10.0. The van der Waals surface area contributed by atoms with Crippen molar-refractivity contribution in [3.63, 3.8) is 0 Å². The Bertz CT molecular complexity index is 353. The summed E-state index contributed by atoms with van der Waals surface area (Å²) in [7, 11) is 0. The number of hydrogen-bond donors (Lipinski definition) is 1. The number of imidazole rings is 1. The highest BCUT2D eigenvalue weighted by Crippen LogP contribution is 2.11. The van der Waals surface area contributed by atoms with Crippen LogP contribution < -0.4 is 5.32 Å². The Kier molecular flexibility index (Phi) is 5.86. The molecule has 0 amide bonds. The van der Waals surface area contributed by atoms with E-state index in [1.165, 1.54) is 51.0 Å². The molecule has 1 saturated heterocycles. The molecule has 4 heteroatoms. The lowest BCUT2D eigenvalue weighted by molar-refractivity contribution is 0.197. The maximum Gasteiger partial charge on any atom is 0.0948 e. The highest BCUT2D eigenvalue weighted by molar-refractivity contribution is 4.98. The Morgan fingerprint density at radius 1 is 1.21 bits per heavy atom. The van der Waals surface area contributed by atoms with Crippen molar-refractivity contribution < 1.29 is 0 Å². The SMILES string of the molecule is CCCN1CCC(NCc2cncn2CCC)CC1. The van der Waals surface area contributed by atoms with E-state index in [0.717, 1.165) is 13.1 Å². The fourth-order valence-electron chi connectivity index (χ4n) is 2.86. The van der Waals surface area contributed by atoms with Gasteiger partial charge < -0.3 is 14.8 Å². The van der Waals surface area contributed by atoms with Crippen molar-refractivity contribution >= 4 is 0 Å². The summed E-state index contributed by atoms with van der Waals surface area (Å²) in [5, 5.41) is 3.70. The van der Waals surface area contributed by atoms with Crippen molar-refractivity contribution in [1.29, 1.82) is 0 Å². The molecule has 1 N–H and O–H groups in total. The van der Waals surface area contributed by atoms with Gasteiger partial charge in [-0.1, -0.05) is 13.8 Å². The van der Waals surface area contributed by atoms with Crippen LogP contribution in [0.1, 0.15) is 45.2 Å². The summed E-state index contributed by atoms with van der Waals surface area (Å²) in [5.74, 6) is 0. The summed E-state index contributed by atoms with van der Waals surface area (Å²) in [4.78, 5) is 6.84. The maximum absolute atomic E-state index is 4.26. The molecule has 0 aliphatic carbocycles. The summed E-state index contributed by atoms with van der Waals surface area (Å²) in [6.07, 6.45) is 8.94. The summed E-state index contributed by atoms with van der Waals surface area (Å²) in [6, 6.07) is 0.679. The first-order valence-electron chi connectivity index (χ1n) is 7.78. The number of likely N-dealkylation sites (tertiary alicyclic amines) is 1. The Balaban J connectivity index is 1.72. The van der Waals surface area contributed by atoms with Gasteiger partial charge in [-0.05, 0) is 45.3 Å². The second-order valence-corrected chi connectivity index (χ2v) is 5.58. The predicted octanol–water partition coefficient (Wildman–Crippen LogP) is 2.26. The van der Waals surface area contributed by atoms with Crippen LogP contribution in [0.15, 0.2) is 12.5 Å². The molecule has 0 unspecified atom stereocenters. The zero-order valence-corrected chi connectivity index (χ0v) is 12.4. The molecule has 108 valence electrons. The number of aromatic nitrogens is 2. The molecule has 0 radical (unpaired) electrons.